The summed E-state index contributed by atoms with van der Waals surface area (Å²) in [6, 6.07) is 38.7. The minimum atomic E-state index is -0.274. The lowest BCUT2D eigenvalue weighted by atomic mass is 9.70. The van der Waals surface area contributed by atoms with Crippen LogP contribution in [0.1, 0.15) is 27.8 Å². The fourth-order valence-electron chi connectivity index (χ4n) is 6.42. The van der Waals surface area contributed by atoms with Crippen LogP contribution in [-0.2, 0) is 12.0 Å². The van der Waals surface area contributed by atoms with E-state index in [0.717, 1.165) is 6.54 Å². The Morgan fingerprint density at radius 2 is 1.15 bits per heavy atom. The summed E-state index contributed by atoms with van der Waals surface area (Å²) in [5.41, 5.74) is 12.3. The van der Waals surface area contributed by atoms with Crippen LogP contribution in [0, 0.1) is 0 Å². The number of rotatable bonds is 2. The van der Waals surface area contributed by atoms with Crippen LogP contribution in [0.25, 0.3) is 33.0 Å². The SMILES string of the molecule is CN(C)Cc1cccc2c1-c1ccccc1C21c2ccccc2-c2cc3ccccc3cc21. The van der Waals surface area contributed by atoms with E-state index >= 15 is 0 Å². The van der Waals surface area contributed by atoms with Crippen molar-refractivity contribution in [2.75, 3.05) is 14.1 Å². The van der Waals surface area contributed by atoms with Crippen molar-refractivity contribution in [3.63, 3.8) is 0 Å². The van der Waals surface area contributed by atoms with E-state index in [2.05, 4.69) is 122 Å². The first kappa shape index (κ1) is 18.8. The molecule has 1 heteroatoms. The van der Waals surface area contributed by atoms with Crippen molar-refractivity contribution >= 4 is 10.8 Å². The van der Waals surface area contributed by atoms with E-state index in [9.17, 15) is 0 Å². The highest BCUT2D eigenvalue weighted by Crippen LogP contribution is 2.63. The second kappa shape index (κ2) is 6.66. The quantitative estimate of drug-likeness (QED) is 0.283. The summed E-state index contributed by atoms with van der Waals surface area (Å²) in [6.07, 6.45) is 0. The standard InChI is InChI=1S/C32H25N/c1-33(2)20-23-12-9-17-29-31(23)25-14-6-8-16-28(25)32(29)27-15-7-5-13-24(27)26-18-21-10-3-4-11-22(21)19-30(26)32/h3-19H,20H2,1-2H3. The molecule has 158 valence electrons. The van der Waals surface area contributed by atoms with E-state index in [4.69, 9.17) is 0 Å². The molecule has 5 aromatic rings. The molecule has 33 heavy (non-hydrogen) atoms. The van der Waals surface area contributed by atoms with E-state index < -0.39 is 0 Å². The zero-order valence-corrected chi connectivity index (χ0v) is 19.0. The predicted molar refractivity (Wildman–Crippen MR) is 138 cm³/mol. The molecule has 0 aromatic heterocycles. The summed E-state index contributed by atoms with van der Waals surface area (Å²) in [4.78, 5) is 2.27. The first-order valence-electron chi connectivity index (χ1n) is 11.7. The Labute approximate surface area is 194 Å². The van der Waals surface area contributed by atoms with E-state index in [-0.39, 0.29) is 5.41 Å². The summed E-state index contributed by atoms with van der Waals surface area (Å²) in [5.74, 6) is 0. The number of benzene rings is 5. The Hall–Kier alpha value is -3.68. The molecule has 0 saturated carbocycles. The molecular formula is C32H25N. The van der Waals surface area contributed by atoms with Gasteiger partial charge in [-0.15, -0.1) is 0 Å². The zero-order chi connectivity index (χ0) is 22.2. The van der Waals surface area contributed by atoms with Gasteiger partial charge in [0.15, 0.2) is 0 Å². The summed E-state index contributed by atoms with van der Waals surface area (Å²) >= 11 is 0. The second-order valence-electron chi connectivity index (χ2n) is 9.66. The topological polar surface area (TPSA) is 3.24 Å². The molecule has 1 unspecified atom stereocenters. The molecule has 1 atom stereocenters. The highest BCUT2D eigenvalue weighted by Gasteiger charge is 2.52. The van der Waals surface area contributed by atoms with Crippen molar-refractivity contribution in [3.8, 4) is 22.3 Å². The third-order valence-corrected chi connectivity index (χ3v) is 7.55. The Morgan fingerprint density at radius 3 is 1.91 bits per heavy atom. The van der Waals surface area contributed by atoms with E-state index in [1.54, 1.807) is 0 Å². The van der Waals surface area contributed by atoms with Gasteiger partial charge in [-0.25, -0.2) is 0 Å². The Balaban J connectivity index is 1.68. The van der Waals surface area contributed by atoms with Crippen molar-refractivity contribution in [2.45, 2.75) is 12.0 Å². The molecule has 0 heterocycles. The van der Waals surface area contributed by atoms with Crippen LogP contribution in [0.3, 0.4) is 0 Å². The van der Waals surface area contributed by atoms with Crippen LogP contribution in [0.15, 0.2) is 103 Å². The van der Waals surface area contributed by atoms with Gasteiger partial charge >= 0.3 is 0 Å². The van der Waals surface area contributed by atoms with Gasteiger partial charge in [-0.05, 0) is 87.1 Å². The molecular weight excluding hydrogens is 398 g/mol. The average molecular weight is 424 g/mol. The number of hydrogen-bond donors (Lipinski definition) is 0. The molecule has 0 aliphatic heterocycles. The van der Waals surface area contributed by atoms with Gasteiger partial charge in [0.1, 0.15) is 0 Å². The van der Waals surface area contributed by atoms with Gasteiger partial charge < -0.3 is 4.90 Å². The third kappa shape index (κ3) is 2.35. The number of hydrogen-bond acceptors (Lipinski definition) is 1. The van der Waals surface area contributed by atoms with E-state index in [0.29, 0.717) is 0 Å². The molecule has 0 bridgehead atoms. The normalized spacial score (nSPS) is 17.3. The average Bonchev–Trinajstić information content (AvgIpc) is 3.30. The third-order valence-electron chi connectivity index (χ3n) is 7.55. The maximum Gasteiger partial charge on any atom is 0.0725 e. The molecule has 2 aliphatic carbocycles. The predicted octanol–water partition coefficient (Wildman–Crippen LogP) is 7.24. The van der Waals surface area contributed by atoms with Crippen molar-refractivity contribution in [1.29, 1.82) is 0 Å². The minimum Gasteiger partial charge on any atom is -0.305 e. The van der Waals surface area contributed by atoms with E-state index in [1.165, 1.54) is 60.8 Å². The summed E-state index contributed by atoms with van der Waals surface area (Å²) < 4.78 is 0. The van der Waals surface area contributed by atoms with Gasteiger partial charge in [0.2, 0.25) is 0 Å². The maximum atomic E-state index is 2.45. The first-order valence-corrected chi connectivity index (χ1v) is 11.7. The maximum absolute atomic E-state index is 2.45. The lowest BCUT2D eigenvalue weighted by molar-refractivity contribution is 0.403. The summed E-state index contributed by atoms with van der Waals surface area (Å²) in [6.45, 7) is 0.930. The first-order chi connectivity index (χ1) is 16.2. The van der Waals surface area contributed by atoms with Crippen LogP contribution in [0.2, 0.25) is 0 Å². The number of fused-ring (bicyclic) bond motifs is 11. The van der Waals surface area contributed by atoms with Crippen LogP contribution in [0.4, 0.5) is 0 Å². The van der Waals surface area contributed by atoms with Crippen molar-refractivity contribution in [3.05, 3.63) is 131 Å². The summed E-state index contributed by atoms with van der Waals surface area (Å²) in [5, 5.41) is 2.61. The Morgan fingerprint density at radius 1 is 0.545 bits per heavy atom. The lowest BCUT2D eigenvalue weighted by Crippen LogP contribution is -2.26. The smallest absolute Gasteiger partial charge is 0.0725 e. The molecule has 2 aliphatic rings. The van der Waals surface area contributed by atoms with Crippen LogP contribution >= 0.6 is 0 Å². The van der Waals surface area contributed by atoms with Gasteiger partial charge in [-0.1, -0.05) is 91.0 Å². The molecule has 0 fully saturated rings. The number of nitrogens with zero attached hydrogens (tertiary/aromatic N) is 1. The molecule has 0 saturated heterocycles. The minimum absolute atomic E-state index is 0.274. The monoisotopic (exact) mass is 423 g/mol. The van der Waals surface area contributed by atoms with Gasteiger partial charge in [-0.2, -0.15) is 0 Å². The Kier molecular flexibility index (Phi) is 3.81. The highest BCUT2D eigenvalue weighted by atomic mass is 15.0. The fraction of sp³-hybridized carbons (Fsp3) is 0.125. The second-order valence-corrected chi connectivity index (χ2v) is 9.66. The molecule has 1 nitrogen and oxygen atoms in total. The van der Waals surface area contributed by atoms with Crippen molar-refractivity contribution in [1.82, 2.24) is 4.90 Å². The zero-order valence-electron chi connectivity index (χ0n) is 19.0. The molecule has 0 radical (unpaired) electrons. The molecule has 5 aromatic carbocycles. The van der Waals surface area contributed by atoms with Crippen LogP contribution in [-0.4, -0.2) is 19.0 Å². The summed E-state index contributed by atoms with van der Waals surface area (Å²) in [7, 11) is 4.31. The van der Waals surface area contributed by atoms with Crippen molar-refractivity contribution in [2.24, 2.45) is 0 Å². The lowest BCUT2D eigenvalue weighted by Gasteiger charge is -2.30. The molecule has 1 spiro atoms. The van der Waals surface area contributed by atoms with Crippen LogP contribution < -0.4 is 0 Å². The van der Waals surface area contributed by atoms with Gasteiger partial charge in [0, 0.05) is 6.54 Å². The van der Waals surface area contributed by atoms with Gasteiger partial charge in [0.05, 0.1) is 5.41 Å². The Bertz CT molecular complexity index is 1580. The fourth-order valence-corrected chi connectivity index (χ4v) is 6.42. The molecule has 7 rings (SSSR count). The molecule has 0 N–H and O–H groups in total. The van der Waals surface area contributed by atoms with Gasteiger partial charge in [0.25, 0.3) is 0 Å². The van der Waals surface area contributed by atoms with E-state index in [1.807, 2.05) is 0 Å². The molecule has 0 amide bonds. The van der Waals surface area contributed by atoms with Crippen LogP contribution in [0.5, 0.6) is 0 Å². The highest BCUT2D eigenvalue weighted by molar-refractivity contribution is 6.00. The van der Waals surface area contributed by atoms with Gasteiger partial charge in [-0.3, -0.25) is 0 Å². The largest absolute Gasteiger partial charge is 0.305 e. The van der Waals surface area contributed by atoms with Crippen molar-refractivity contribution < 1.29 is 0 Å².